The number of rotatable bonds is 4. The van der Waals surface area contributed by atoms with Crippen LogP contribution in [-0.4, -0.2) is 19.0 Å². The highest BCUT2D eigenvalue weighted by Gasteiger charge is 2.15. The third kappa shape index (κ3) is 3.27. The van der Waals surface area contributed by atoms with Crippen molar-refractivity contribution in [3.05, 3.63) is 78.1 Å². The van der Waals surface area contributed by atoms with E-state index in [1.54, 1.807) is 30.5 Å². The van der Waals surface area contributed by atoms with Gasteiger partial charge in [-0.2, -0.15) is 0 Å². The van der Waals surface area contributed by atoms with Gasteiger partial charge in [-0.3, -0.25) is 4.79 Å². The maximum Gasteiger partial charge on any atom is 0.337 e. The lowest BCUT2D eigenvalue weighted by Gasteiger charge is -2.05. The number of carbonyl (C=O) groups excluding carboxylic acids is 2. The molecule has 134 valence electrons. The minimum absolute atomic E-state index is 0.0831. The van der Waals surface area contributed by atoms with Crippen LogP contribution in [0.15, 0.2) is 71.3 Å². The summed E-state index contributed by atoms with van der Waals surface area (Å²) in [6.07, 6.45) is 1.68. The Hall–Kier alpha value is -3.60. The Morgan fingerprint density at radius 3 is 2.52 bits per heavy atom. The molecule has 0 N–H and O–H groups in total. The number of fused-ring (bicyclic) bond motifs is 3. The quantitative estimate of drug-likeness (QED) is 0.395. The number of esters is 2. The van der Waals surface area contributed by atoms with Crippen molar-refractivity contribution in [1.29, 1.82) is 0 Å². The summed E-state index contributed by atoms with van der Waals surface area (Å²) in [5, 5.41) is 3.04. The second-order valence-corrected chi connectivity index (χ2v) is 6.09. The number of furan rings is 1. The van der Waals surface area contributed by atoms with Crippen LogP contribution in [0.4, 0.5) is 0 Å². The molecule has 5 heteroatoms. The van der Waals surface area contributed by atoms with Crippen molar-refractivity contribution in [3.8, 4) is 5.75 Å². The maximum absolute atomic E-state index is 12.4. The number of hydrogen-bond donors (Lipinski definition) is 0. The van der Waals surface area contributed by atoms with Crippen molar-refractivity contribution < 1.29 is 23.5 Å². The first kappa shape index (κ1) is 16.8. The molecule has 0 unspecified atom stereocenters. The molecule has 0 atom stereocenters. The Labute approximate surface area is 155 Å². The van der Waals surface area contributed by atoms with Crippen LogP contribution < -0.4 is 4.74 Å². The molecule has 0 spiro atoms. The molecule has 0 aliphatic heterocycles. The Bertz CT molecular complexity index is 1140. The summed E-state index contributed by atoms with van der Waals surface area (Å²) in [6.45, 7) is 0. The fourth-order valence-electron chi connectivity index (χ4n) is 3.10. The number of benzene rings is 3. The fourth-order valence-corrected chi connectivity index (χ4v) is 3.10. The molecule has 5 nitrogen and oxygen atoms in total. The molecule has 27 heavy (non-hydrogen) atoms. The summed E-state index contributed by atoms with van der Waals surface area (Å²) in [7, 11) is 1.31. The average molecular weight is 360 g/mol. The first-order valence-corrected chi connectivity index (χ1v) is 8.42. The van der Waals surface area contributed by atoms with Crippen LogP contribution in [0.25, 0.3) is 21.7 Å². The summed E-state index contributed by atoms with van der Waals surface area (Å²) in [4.78, 5) is 23.8. The molecule has 0 saturated carbocycles. The second-order valence-electron chi connectivity index (χ2n) is 6.09. The first-order chi connectivity index (χ1) is 13.2. The number of methoxy groups -OCH3 is 1. The van der Waals surface area contributed by atoms with Crippen LogP contribution in [-0.2, 0) is 16.0 Å². The number of hydrogen-bond acceptors (Lipinski definition) is 5. The Kier molecular flexibility index (Phi) is 4.34. The molecule has 0 fully saturated rings. The molecule has 4 aromatic rings. The zero-order valence-electron chi connectivity index (χ0n) is 14.6. The van der Waals surface area contributed by atoms with Gasteiger partial charge < -0.3 is 13.9 Å². The summed E-state index contributed by atoms with van der Waals surface area (Å²) in [5.41, 5.74) is 1.90. The highest BCUT2D eigenvalue weighted by molar-refractivity contribution is 6.08. The summed E-state index contributed by atoms with van der Waals surface area (Å²) in [6, 6.07) is 18.1. The topological polar surface area (TPSA) is 65.7 Å². The molecule has 0 saturated heterocycles. The zero-order chi connectivity index (χ0) is 18.8. The van der Waals surface area contributed by atoms with E-state index in [-0.39, 0.29) is 6.42 Å². The number of carbonyl (C=O) groups is 2. The van der Waals surface area contributed by atoms with E-state index in [9.17, 15) is 9.59 Å². The van der Waals surface area contributed by atoms with E-state index in [1.165, 1.54) is 7.11 Å². The van der Waals surface area contributed by atoms with Crippen molar-refractivity contribution in [2.24, 2.45) is 0 Å². The predicted molar refractivity (Wildman–Crippen MR) is 101 cm³/mol. The van der Waals surface area contributed by atoms with E-state index >= 15 is 0 Å². The van der Waals surface area contributed by atoms with Crippen LogP contribution >= 0.6 is 0 Å². The van der Waals surface area contributed by atoms with E-state index in [4.69, 9.17) is 9.15 Å². The molecule has 0 bridgehead atoms. The molecular formula is C22H16O5. The smallest absolute Gasteiger partial charge is 0.337 e. The van der Waals surface area contributed by atoms with Gasteiger partial charge in [-0.1, -0.05) is 30.3 Å². The third-order valence-electron chi connectivity index (χ3n) is 4.38. The monoisotopic (exact) mass is 360 g/mol. The molecule has 4 rings (SSSR count). The van der Waals surface area contributed by atoms with Gasteiger partial charge in [0.25, 0.3) is 0 Å². The lowest BCUT2D eigenvalue weighted by Crippen LogP contribution is -2.11. The van der Waals surface area contributed by atoms with Gasteiger partial charge in [0, 0.05) is 10.9 Å². The van der Waals surface area contributed by atoms with Crippen molar-refractivity contribution in [2.45, 2.75) is 6.42 Å². The van der Waals surface area contributed by atoms with E-state index < -0.39 is 11.9 Å². The number of ether oxygens (including phenoxy) is 2. The van der Waals surface area contributed by atoms with Gasteiger partial charge in [-0.05, 0) is 41.1 Å². The first-order valence-electron chi connectivity index (χ1n) is 8.42. The molecular weight excluding hydrogens is 344 g/mol. The van der Waals surface area contributed by atoms with Gasteiger partial charge in [0.1, 0.15) is 11.3 Å². The third-order valence-corrected chi connectivity index (χ3v) is 4.38. The average Bonchev–Trinajstić information content (AvgIpc) is 3.11. The SMILES string of the molecule is COC(=O)c1ccc(OC(=O)Cc2coc3ccc4ccccc4c23)cc1. The van der Waals surface area contributed by atoms with E-state index in [2.05, 4.69) is 4.74 Å². The highest BCUT2D eigenvalue weighted by atomic mass is 16.5. The fraction of sp³-hybridized carbons (Fsp3) is 0.0909. The summed E-state index contributed by atoms with van der Waals surface area (Å²) >= 11 is 0. The van der Waals surface area contributed by atoms with Crippen LogP contribution in [0.2, 0.25) is 0 Å². The molecule has 0 radical (unpaired) electrons. The lowest BCUT2D eigenvalue weighted by atomic mass is 10.0. The van der Waals surface area contributed by atoms with Crippen LogP contribution in [0.1, 0.15) is 15.9 Å². The summed E-state index contributed by atoms with van der Waals surface area (Å²) < 4.78 is 15.6. The minimum atomic E-state index is -0.440. The predicted octanol–water partition coefficient (Wildman–Crippen LogP) is 4.52. The second kappa shape index (κ2) is 6.96. The van der Waals surface area contributed by atoms with Crippen LogP contribution in [0.5, 0.6) is 5.75 Å². The molecule has 0 amide bonds. The summed E-state index contributed by atoms with van der Waals surface area (Å²) in [5.74, 6) is -0.480. The van der Waals surface area contributed by atoms with E-state index in [0.717, 1.165) is 27.3 Å². The normalized spacial score (nSPS) is 10.9. The largest absolute Gasteiger partial charge is 0.465 e. The van der Waals surface area contributed by atoms with Crippen molar-refractivity contribution >= 4 is 33.7 Å². The Morgan fingerprint density at radius 2 is 1.74 bits per heavy atom. The van der Waals surface area contributed by atoms with Gasteiger partial charge in [-0.25, -0.2) is 4.79 Å². The van der Waals surface area contributed by atoms with Gasteiger partial charge in [0.2, 0.25) is 0 Å². The lowest BCUT2D eigenvalue weighted by molar-refractivity contribution is -0.133. The van der Waals surface area contributed by atoms with Gasteiger partial charge in [0.15, 0.2) is 0 Å². The van der Waals surface area contributed by atoms with E-state index in [1.807, 2.05) is 36.4 Å². The van der Waals surface area contributed by atoms with Gasteiger partial charge >= 0.3 is 11.9 Å². The van der Waals surface area contributed by atoms with Gasteiger partial charge in [-0.15, -0.1) is 0 Å². The van der Waals surface area contributed by atoms with Crippen molar-refractivity contribution in [2.75, 3.05) is 7.11 Å². The Balaban J connectivity index is 1.56. The highest BCUT2D eigenvalue weighted by Crippen LogP contribution is 2.30. The molecule has 3 aromatic carbocycles. The zero-order valence-corrected chi connectivity index (χ0v) is 14.6. The van der Waals surface area contributed by atoms with Crippen LogP contribution in [0.3, 0.4) is 0 Å². The Morgan fingerprint density at radius 1 is 0.963 bits per heavy atom. The van der Waals surface area contributed by atoms with E-state index in [0.29, 0.717) is 11.3 Å². The van der Waals surface area contributed by atoms with Crippen molar-refractivity contribution in [3.63, 3.8) is 0 Å². The van der Waals surface area contributed by atoms with Crippen molar-refractivity contribution in [1.82, 2.24) is 0 Å². The standard InChI is InChI=1S/C22H16O5/c1-25-22(24)15-6-9-17(10-7-15)27-20(23)12-16-13-26-19-11-8-14-4-2-3-5-18(14)21(16)19/h2-11,13H,12H2,1H3. The van der Waals surface area contributed by atoms with Gasteiger partial charge in [0.05, 0.1) is 25.4 Å². The molecule has 1 heterocycles. The maximum atomic E-state index is 12.4. The molecule has 1 aromatic heterocycles. The molecule has 0 aliphatic carbocycles. The minimum Gasteiger partial charge on any atom is -0.465 e. The molecule has 0 aliphatic rings. The van der Waals surface area contributed by atoms with Crippen LogP contribution in [0, 0.1) is 0 Å².